The first-order chi connectivity index (χ1) is 13.7. The Morgan fingerprint density at radius 2 is 1.93 bits per heavy atom. The smallest absolute Gasteiger partial charge is 0.416 e. The standard InChI is InChI=1S/C19H15F3N2O4S/c1-28-18(27)11-4-2-3-5-12(11)23-16(25)9-15-17(26)24-13-8-10(19(20,21)22)6-7-14(13)29-15/h2-8,15H,9H2,1H3,(H,23,25)(H,24,26)/t15-/m1/s1. The Morgan fingerprint density at radius 1 is 1.21 bits per heavy atom. The Kier molecular flexibility index (Phi) is 5.83. The van der Waals surface area contributed by atoms with Gasteiger partial charge in [-0.1, -0.05) is 12.1 Å². The molecule has 1 heterocycles. The molecule has 2 aromatic rings. The van der Waals surface area contributed by atoms with E-state index in [1.54, 1.807) is 12.1 Å². The average molecular weight is 424 g/mol. The summed E-state index contributed by atoms with van der Waals surface area (Å²) < 4.78 is 43.1. The van der Waals surface area contributed by atoms with Gasteiger partial charge in [0.2, 0.25) is 11.8 Å². The number of esters is 1. The molecule has 0 fully saturated rings. The van der Waals surface area contributed by atoms with Crippen molar-refractivity contribution in [2.45, 2.75) is 22.7 Å². The lowest BCUT2D eigenvalue weighted by Gasteiger charge is -2.24. The van der Waals surface area contributed by atoms with Gasteiger partial charge in [-0.2, -0.15) is 13.2 Å². The Balaban J connectivity index is 1.71. The molecule has 0 spiro atoms. The summed E-state index contributed by atoms with van der Waals surface area (Å²) in [6.07, 6.45) is -4.75. The number of methoxy groups -OCH3 is 1. The number of rotatable bonds is 4. The van der Waals surface area contributed by atoms with E-state index in [2.05, 4.69) is 15.4 Å². The van der Waals surface area contributed by atoms with Gasteiger partial charge < -0.3 is 15.4 Å². The van der Waals surface area contributed by atoms with Gasteiger partial charge in [-0.15, -0.1) is 11.8 Å². The van der Waals surface area contributed by atoms with Gasteiger partial charge in [0.25, 0.3) is 0 Å². The first-order valence-corrected chi connectivity index (χ1v) is 9.23. The number of hydrogen-bond donors (Lipinski definition) is 2. The minimum absolute atomic E-state index is 0.0579. The van der Waals surface area contributed by atoms with Gasteiger partial charge in [0.05, 0.1) is 34.9 Å². The number of carbonyl (C=O) groups excluding carboxylic acids is 3. The number of nitrogens with one attached hydrogen (secondary N) is 2. The minimum Gasteiger partial charge on any atom is -0.465 e. The fraction of sp³-hybridized carbons (Fsp3) is 0.211. The van der Waals surface area contributed by atoms with Gasteiger partial charge in [-0.3, -0.25) is 9.59 Å². The van der Waals surface area contributed by atoms with Crippen LogP contribution in [0.15, 0.2) is 47.4 Å². The van der Waals surface area contributed by atoms with Gasteiger partial charge in [0.1, 0.15) is 0 Å². The minimum atomic E-state index is -4.52. The van der Waals surface area contributed by atoms with Crippen molar-refractivity contribution in [1.82, 2.24) is 0 Å². The Labute approximate surface area is 167 Å². The summed E-state index contributed by atoms with van der Waals surface area (Å²) in [6, 6.07) is 9.29. The van der Waals surface area contributed by atoms with Crippen LogP contribution in [0.4, 0.5) is 24.5 Å². The van der Waals surface area contributed by atoms with Crippen molar-refractivity contribution in [3.8, 4) is 0 Å². The highest BCUT2D eigenvalue weighted by molar-refractivity contribution is 8.01. The molecule has 0 unspecified atom stereocenters. The van der Waals surface area contributed by atoms with Crippen molar-refractivity contribution in [1.29, 1.82) is 0 Å². The molecule has 152 valence electrons. The van der Waals surface area contributed by atoms with Crippen molar-refractivity contribution in [2.24, 2.45) is 0 Å². The summed E-state index contributed by atoms with van der Waals surface area (Å²) in [5.41, 5.74) is -0.412. The van der Waals surface area contributed by atoms with Crippen LogP contribution in [0.5, 0.6) is 0 Å². The van der Waals surface area contributed by atoms with Gasteiger partial charge in [-0.05, 0) is 30.3 Å². The lowest BCUT2D eigenvalue weighted by Crippen LogP contribution is -2.32. The lowest BCUT2D eigenvalue weighted by molar-refractivity contribution is -0.137. The number of halogens is 3. The third-order valence-electron chi connectivity index (χ3n) is 4.10. The maximum atomic E-state index is 12.8. The predicted molar refractivity (Wildman–Crippen MR) is 101 cm³/mol. The van der Waals surface area contributed by atoms with E-state index < -0.39 is 34.8 Å². The van der Waals surface area contributed by atoms with E-state index in [9.17, 15) is 27.6 Å². The van der Waals surface area contributed by atoms with Crippen LogP contribution in [0.3, 0.4) is 0 Å². The first-order valence-electron chi connectivity index (χ1n) is 8.35. The van der Waals surface area contributed by atoms with Crippen molar-refractivity contribution < 1.29 is 32.3 Å². The molecule has 0 aromatic heterocycles. The van der Waals surface area contributed by atoms with E-state index in [1.165, 1.54) is 25.3 Å². The van der Waals surface area contributed by atoms with Gasteiger partial charge in [0, 0.05) is 11.3 Å². The molecule has 2 aromatic carbocycles. The fourth-order valence-electron chi connectivity index (χ4n) is 2.71. The van der Waals surface area contributed by atoms with E-state index in [4.69, 9.17) is 0 Å². The highest BCUT2D eigenvalue weighted by atomic mass is 32.2. The Hall–Kier alpha value is -3.01. The number of fused-ring (bicyclic) bond motifs is 1. The lowest BCUT2D eigenvalue weighted by atomic mass is 10.1. The molecule has 0 bridgehead atoms. The summed E-state index contributed by atoms with van der Waals surface area (Å²) in [7, 11) is 1.21. The zero-order valence-corrected chi connectivity index (χ0v) is 15.8. The highest BCUT2D eigenvalue weighted by Gasteiger charge is 2.34. The molecule has 0 saturated carbocycles. The molecule has 29 heavy (non-hydrogen) atoms. The maximum absolute atomic E-state index is 12.8. The first kappa shape index (κ1) is 20.7. The number of thioether (sulfide) groups is 1. The molecule has 1 aliphatic heterocycles. The number of para-hydroxylation sites is 1. The van der Waals surface area contributed by atoms with Crippen molar-refractivity contribution in [2.75, 3.05) is 17.7 Å². The Bertz CT molecular complexity index is 978. The van der Waals surface area contributed by atoms with Gasteiger partial charge >= 0.3 is 12.1 Å². The molecule has 0 aliphatic carbocycles. The van der Waals surface area contributed by atoms with Crippen LogP contribution in [0.1, 0.15) is 22.3 Å². The largest absolute Gasteiger partial charge is 0.465 e. The summed E-state index contributed by atoms with van der Waals surface area (Å²) in [6.45, 7) is 0. The fourth-order valence-corrected chi connectivity index (χ4v) is 3.80. The highest BCUT2D eigenvalue weighted by Crippen LogP contribution is 2.40. The second-order valence-corrected chi connectivity index (χ2v) is 7.34. The van der Waals surface area contributed by atoms with Gasteiger partial charge in [0.15, 0.2) is 0 Å². The molecule has 2 N–H and O–H groups in total. The SMILES string of the molecule is COC(=O)c1ccccc1NC(=O)C[C@H]1Sc2ccc(C(F)(F)F)cc2NC1=O. The van der Waals surface area contributed by atoms with Crippen molar-refractivity contribution in [3.63, 3.8) is 0 Å². The zero-order chi connectivity index (χ0) is 21.2. The quantitative estimate of drug-likeness (QED) is 0.727. The summed E-state index contributed by atoms with van der Waals surface area (Å²) >= 11 is 1.01. The molecular formula is C19H15F3N2O4S. The number of alkyl halides is 3. The third kappa shape index (κ3) is 4.70. The number of amides is 2. The van der Waals surface area contributed by atoms with E-state index in [-0.39, 0.29) is 23.4 Å². The van der Waals surface area contributed by atoms with Crippen LogP contribution in [0.25, 0.3) is 0 Å². The second-order valence-electron chi connectivity index (χ2n) is 6.09. The van der Waals surface area contributed by atoms with Crippen molar-refractivity contribution >= 4 is 40.9 Å². The molecule has 2 amide bonds. The molecule has 1 atom stereocenters. The van der Waals surface area contributed by atoms with E-state index in [0.717, 1.165) is 23.9 Å². The second kappa shape index (κ2) is 8.16. The van der Waals surface area contributed by atoms with Gasteiger partial charge in [-0.25, -0.2) is 4.79 Å². The Morgan fingerprint density at radius 3 is 2.62 bits per heavy atom. The molecule has 10 heteroatoms. The van der Waals surface area contributed by atoms with Crippen LogP contribution < -0.4 is 10.6 Å². The van der Waals surface area contributed by atoms with Crippen LogP contribution in [0, 0.1) is 0 Å². The summed E-state index contributed by atoms with van der Waals surface area (Å²) in [4.78, 5) is 36.8. The maximum Gasteiger partial charge on any atom is 0.416 e. The van der Waals surface area contributed by atoms with E-state index in [1.807, 2.05) is 0 Å². The number of hydrogen-bond acceptors (Lipinski definition) is 5. The van der Waals surface area contributed by atoms with Crippen LogP contribution in [0.2, 0.25) is 0 Å². The topological polar surface area (TPSA) is 84.5 Å². The molecule has 0 saturated heterocycles. The van der Waals surface area contributed by atoms with E-state index in [0.29, 0.717) is 4.90 Å². The average Bonchev–Trinajstić information content (AvgIpc) is 2.67. The summed E-state index contributed by atoms with van der Waals surface area (Å²) in [5.74, 6) is -1.72. The van der Waals surface area contributed by atoms with Crippen LogP contribution in [-0.2, 0) is 20.5 Å². The molecule has 6 nitrogen and oxygen atoms in total. The molecule has 3 rings (SSSR count). The summed E-state index contributed by atoms with van der Waals surface area (Å²) in [5, 5.41) is 4.15. The predicted octanol–water partition coefficient (Wildman–Crippen LogP) is 3.93. The van der Waals surface area contributed by atoms with Crippen LogP contribution in [-0.4, -0.2) is 30.1 Å². The molecular weight excluding hydrogens is 409 g/mol. The molecule has 1 aliphatic rings. The monoisotopic (exact) mass is 424 g/mol. The van der Waals surface area contributed by atoms with Crippen molar-refractivity contribution in [3.05, 3.63) is 53.6 Å². The third-order valence-corrected chi connectivity index (χ3v) is 5.38. The van der Waals surface area contributed by atoms with Crippen LogP contribution >= 0.6 is 11.8 Å². The number of carbonyl (C=O) groups is 3. The zero-order valence-electron chi connectivity index (χ0n) is 15.0. The number of benzene rings is 2. The normalized spacial score (nSPS) is 15.9. The number of anilines is 2. The van der Waals surface area contributed by atoms with E-state index >= 15 is 0 Å². The molecule has 0 radical (unpaired) electrons. The number of ether oxygens (including phenoxy) is 1.